The van der Waals surface area contributed by atoms with Gasteiger partial charge < -0.3 is 10.5 Å². The van der Waals surface area contributed by atoms with Crippen LogP contribution < -0.4 is 16.3 Å². The molecule has 1 aromatic carbocycles. The van der Waals surface area contributed by atoms with Crippen molar-refractivity contribution >= 4 is 24.1 Å². The number of methoxy groups -OCH3 is 1. The van der Waals surface area contributed by atoms with E-state index in [0.29, 0.717) is 24.3 Å². The van der Waals surface area contributed by atoms with Gasteiger partial charge in [-0.2, -0.15) is 0 Å². The molecule has 1 unspecified atom stereocenters. The average molecular weight is 311 g/mol. The zero-order valence-electron chi connectivity index (χ0n) is 12.0. The summed E-state index contributed by atoms with van der Waals surface area (Å²) in [6.45, 7) is 0. The smallest absolute Gasteiger partial charge is 0.243 e. The Bertz CT molecular complexity index is 453. The molecule has 0 spiro atoms. The minimum Gasteiger partial charge on any atom is -0.497 e. The lowest BCUT2D eigenvalue weighted by Gasteiger charge is -2.12. The molecule has 2 amide bonds. The van der Waals surface area contributed by atoms with Crippen LogP contribution in [0.1, 0.15) is 24.8 Å². The van der Waals surface area contributed by atoms with Crippen LogP contribution in [0, 0.1) is 0 Å². The summed E-state index contributed by atoms with van der Waals surface area (Å²) in [5, 5.41) is 0.512. The van der Waals surface area contributed by atoms with Crippen molar-refractivity contribution in [1.82, 2.24) is 5.01 Å². The molecule has 0 radical (unpaired) electrons. The molecule has 0 aliphatic heterocycles. The number of ether oxygens (including phenoxy) is 1. The quantitative estimate of drug-likeness (QED) is 0.234. The molecule has 4 N–H and O–H groups in total. The van der Waals surface area contributed by atoms with Gasteiger partial charge in [-0.3, -0.25) is 9.59 Å². The average Bonchev–Trinajstić information content (AvgIpc) is 2.52. The van der Waals surface area contributed by atoms with Crippen LogP contribution in [0.2, 0.25) is 0 Å². The second kappa shape index (κ2) is 9.38. The van der Waals surface area contributed by atoms with Crippen LogP contribution in [-0.4, -0.2) is 29.8 Å². The highest BCUT2D eigenvalue weighted by Gasteiger charge is 2.10. The van der Waals surface area contributed by atoms with Gasteiger partial charge in [0.1, 0.15) is 5.75 Å². The summed E-state index contributed by atoms with van der Waals surface area (Å²) in [4.78, 5) is 21.6. The fourth-order valence-corrected chi connectivity index (χ4v) is 2.58. The number of hydrazine groups is 1. The van der Waals surface area contributed by atoms with Crippen molar-refractivity contribution in [2.24, 2.45) is 11.6 Å². The summed E-state index contributed by atoms with van der Waals surface area (Å²) in [5.74, 6) is 6.40. The van der Waals surface area contributed by atoms with Gasteiger partial charge in [0, 0.05) is 12.2 Å². The Kier molecular flexibility index (Phi) is 7.81. The predicted octanol–water partition coefficient (Wildman–Crippen LogP) is 1.24. The first kappa shape index (κ1) is 17.5. The number of thioether (sulfide) groups is 1. The normalized spacial score (nSPS) is 11.8. The van der Waals surface area contributed by atoms with E-state index in [0.717, 1.165) is 11.5 Å². The first-order chi connectivity index (χ1) is 10.1. The van der Waals surface area contributed by atoms with Crippen molar-refractivity contribution in [3.63, 3.8) is 0 Å². The summed E-state index contributed by atoms with van der Waals surface area (Å²) in [6.07, 6.45) is 1.84. The number of hydrogen-bond donors (Lipinski definition) is 2. The maximum absolute atomic E-state index is 11.3. The molecule has 1 rings (SSSR count). The highest BCUT2D eigenvalue weighted by atomic mass is 32.2. The molecule has 0 aromatic heterocycles. The molecule has 0 saturated carbocycles. The maximum Gasteiger partial charge on any atom is 0.243 e. The molecule has 21 heavy (non-hydrogen) atoms. The number of nitrogens with zero attached hydrogens (tertiary/aromatic N) is 1. The van der Waals surface area contributed by atoms with E-state index in [-0.39, 0.29) is 11.8 Å². The third kappa shape index (κ3) is 6.61. The summed E-state index contributed by atoms with van der Waals surface area (Å²) < 4.78 is 5.10. The van der Waals surface area contributed by atoms with Crippen molar-refractivity contribution in [3.8, 4) is 5.75 Å². The second-order valence-electron chi connectivity index (χ2n) is 4.50. The molecule has 0 aliphatic carbocycles. The van der Waals surface area contributed by atoms with Crippen molar-refractivity contribution in [3.05, 3.63) is 29.8 Å². The Morgan fingerprint density at radius 3 is 2.67 bits per heavy atom. The molecule has 0 heterocycles. The lowest BCUT2D eigenvalue weighted by Crippen LogP contribution is -2.35. The second-order valence-corrected chi connectivity index (χ2v) is 5.72. The molecule has 0 bridgehead atoms. The van der Waals surface area contributed by atoms with Crippen molar-refractivity contribution in [2.45, 2.75) is 30.4 Å². The van der Waals surface area contributed by atoms with E-state index in [4.69, 9.17) is 16.3 Å². The summed E-state index contributed by atoms with van der Waals surface area (Å²) in [6, 6.07) is 7.82. The van der Waals surface area contributed by atoms with Gasteiger partial charge in [0.25, 0.3) is 0 Å². The topological polar surface area (TPSA) is 98.7 Å². The van der Waals surface area contributed by atoms with Crippen molar-refractivity contribution < 1.29 is 14.3 Å². The number of benzene rings is 1. The number of imide groups is 1. The zero-order valence-corrected chi connectivity index (χ0v) is 12.8. The van der Waals surface area contributed by atoms with E-state index in [1.807, 2.05) is 24.3 Å². The highest BCUT2D eigenvalue weighted by molar-refractivity contribution is 7.99. The van der Waals surface area contributed by atoms with Crippen LogP contribution in [0.15, 0.2) is 24.3 Å². The van der Waals surface area contributed by atoms with Crippen molar-refractivity contribution in [2.75, 3.05) is 7.11 Å². The van der Waals surface area contributed by atoms with Crippen LogP contribution in [0.4, 0.5) is 0 Å². The number of amides is 2. The first-order valence-corrected chi connectivity index (χ1v) is 7.64. The number of nitrogens with two attached hydrogens (primary N) is 2. The number of rotatable bonds is 9. The van der Waals surface area contributed by atoms with Crippen LogP contribution in [0.3, 0.4) is 0 Å². The van der Waals surface area contributed by atoms with Crippen LogP contribution in [-0.2, 0) is 15.3 Å². The van der Waals surface area contributed by atoms with Gasteiger partial charge in [0.15, 0.2) is 0 Å². The monoisotopic (exact) mass is 311 g/mol. The molecule has 7 heteroatoms. The Morgan fingerprint density at radius 1 is 1.43 bits per heavy atom. The van der Waals surface area contributed by atoms with Gasteiger partial charge in [0.2, 0.25) is 12.3 Å². The predicted molar refractivity (Wildman–Crippen MR) is 83.2 cm³/mol. The van der Waals surface area contributed by atoms with E-state index in [9.17, 15) is 9.59 Å². The third-order valence-electron chi connectivity index (χ3n) is 2.90. The van der Waals surface area contributed by atoms with Crippen LogP contribution >= 0.6 is 11.8 Å². The van der Waals surface area contributed by atoms with E-state index >= 15 is 0 Å². The highest BCUT2D eigenvalue weighted by Crippen LogP contribution is 2.20. The van der Waals surface area contributed by atoms with Gasteiger partial charge >= 0.3 is 0 Å². The number of carbonyl (C=O) groups excluding carboxylic acids is 2. The van der Waals surface area contributed by atoms with E-state index in [1.54, 1.807) is 18.9 Å². The van der Waals surface area contributed by atoms with Gasteiger partial charge in [-0.15, -0.1) is 11.8 Å². The molecule has 0 aliphatic rings. The first-order valence-electron chi connectivity index (χ1n) is 6.59. The fraction of sp³-hybridized carbons (Fsp3) is 0.429. The van der Waals surface area contributed by atoms with E-state index < -0.39 is 5.91 Å². The summed E-state index contributed by atoms with van der Waals surface area (Å²) in [5.41, 5.74) is 7.15. The molecule has 1 atom stereocenters. The maximum atomic E-state index is 11.3. The molecule has 1 aromatic rings. The van der Waals surface area contributed by atoms with Gasteiger partial charge in [-0.05, 0) is 30.5 Å². The SMILES string of the molecule is COc1ccc(CSC(N)CCCC(=O)N(N)C=O)cc1. The number of carbonyl (C=O) groups is 2. The molecular formula is C14H21N3O3S. The zero-order chi connectivity index (χ0) is 15.7. The van der Waals surface area contributed by atoms with Gasteiger partial charge in [0.05, 0.1) is 12.5 Å². The minimum absolute atomic E-state index is 0.0534. The lowest BCUT2D eigenvalue weighted by molar-refractivity contribution is -0.138. The molecule has 6 nitrogen and oxygen atoms in total. The van der Waals surface area contributed by atoms with Gasteiger partial charge in [-0.1, -0.05) is 12.1 Å². The fourth-order valence-electron chi connectivity index (χ4n) is 1.65. The van der Waals surface area contributed by atoms with Crippen LogP contribution in [0.25, 0.3) is 0 Å². The van der Waals surface area contributed by atoms with Crippen molar-refractivity contribution in [1.29, 1.82) is 0 Å². The number of hydrogen-bond acceptors (Lipinski definition) is 6. The summed E-state index contributed by atoms with van der Waals surface area (Å²) >= 11 is 1.62. The Morgan fingerprint density at radius 2 is 2.10 bits per heavy atom. The third-order valence-corrected chi connectivity index (χ3v) is 4.07. The molecular weight excluding hydrogens is 290 g/mol. The molecule has 116 valence electrons. The largest absolute Gasteiger partial charge is 0.497 e. The Balaban J connectivity index is 2.22. The standard InChI is InChI=1S/C14H21N3O3S/c1-20-12-7-5-11(6-8-12)9-21-13(15)3-2-4-14(19)17(16)10-18/h5-8,10,13H,2-4,9,15-16H2,1H3. The van der Waals surface area contributed by atoms with E-state index in [2.05, 4.69) is 0 Å². The van der Waals surface area contributed by atoms with E-state index in [1.165, 1.54) is 5.56 Å². The molecule has 0 saturated heterocycles. The summed E-state index contributed by atoms with van der Waals surface area (Å²) in [7, 11) is 1.63. The van der Waals surface area contributed by atoms with Crippen LogP contribution in [0.5, 0.6) is 5.75 Å². The van der Waals surface area contributed by atoms with Gasteiger partial charge in [-0.25, -0.2) is 10.9 Å². The Labute approximate surface area is 128 Å². The minimum atomic E-state index is -0.391. The Hall–Kier alpha value is -1.57. The molecule has 0 fully saturated rings. The lowest BCUT2D eigenvalue weighted by atomic mass is 10.2.